The monoisotopic (exact) mass is 337 g/mol. The Morgan fingerprint density at radius 2 is 1.88 bits per heavy atom. The molecule has 2 aliphatic heterocycles. The van der Waals surface area contributed by atoms with E-state index in [4.69, 9.17) is 0 Å². The van der Waals surface area contributed by atoms with E-state index in [-0.39, 0.29) is 11.9 Å². The summed E-state index contributed by atoms with van der Waals surface area (Å²) < 4.78 is 0. The minimum atomic E-state index is -0.797. The third-order valence-corrected chi connectivity index (χ3v) is 6.18. The van der Waals surface area contributed by atoms with Gasteiger partial charge in [0.15, 0.2) is 0 Å². The van der Waals surface area contributed by atoms with Gasteiger partial charge < -0.3 is 10.4 Å². The van der Waals surface area contributed by atoms with Crippen molar-refractivity contribution >= 4 is 11.9 Å². The lowest BCUT2D eigenvalue weighted by molar-refractivity contribution is -0.130. The van der Waals surface area contributed by atoms with E-state index in [9.17, 15) is 14.7 Å². The lowest BCUT2D eigenvalue weighted by Gasteiger charge is -2.43. The number of likely N-dealkylation sites (tertiary alicyclic amines) is 1. The molecule has 0 unspecified atom stereocenters. The molecule has 6 heteroatoms. The van der Waals surface area contributed by atoms with E-state index in [0.29, 0.717) is 25.0 Å². The zero-order valence-corrected chi connectivity index (χ0v) is 15.2. The van der Waals surface area contributed by atoms with Gasteiger partial charge in [0.2, 0.25) is 0 Å². The van der Waals surface area contributed by atoms with Gasteiger partial charge in [-0.1, -0.05) is 12.8 Å². The second-order valence-electron chi connectivity index (χ2n) is 8.47. The summed E-state index contributed by atoms with van der Waals surface area (Å²) in [6, 6.07) is 0.0829. The first-order valence-electron chi connectivity index (χ1n) is 9.33. The molecule has 3 rings (SSSR count). The van der Waals surface area contributed by atoms with Crippen molar-refractivity contribution in [2.45, 2.75) is 76.5 Å². The highest BCUT2D eigenvalue weighted by atomic mass is 16.3. The molecule has 0 aromatic rings. The second-order valence-corrected chi connectivity index (χ2v) is 8.47. The van der Waals surface area contributed by atoms with Crippen LogP contribution in [0.2, 0.25) is 0 Å². The molecule has 3 amide bonds. The van der Waals surface area contributed by atoms with Gasteiger partial charge in [-0.3, -0.25) is 14.6 Å². The Morgan fingerprint density at radius 1 is 1.12 bits per heavy atom. The maximum Gasteiger partial charge on any atom is 0.325 e. The number of hydrogen-bond donors (Lipinski definition) is 2. The topological polar surface area (TPSA) is 72.9 Å². The Morgan fingerprint density at radius 3 is 2.50 bits per heavy atom. The third kappa shape index (κ3) is 3.18. The Hall–Kier alpha value is -1.14. The molecule has 3 aliphatic rings. The number of aliphatic hydroxyl groups is 1. The molecule has 0 radical (unpaired) electrons. The standard InChI is InChI=1S/C18H31N3O3/c1-17(2)15(22)21(16(23)19-17)12-11-20-10-6-8-14(20)13-7-4-5-9-18(13,3)24/h13-14,24H,4-12H2,1-3H3,(H,19,23)/t13-,14+,18+/m0/s1. The van der Waals surface area contributed by atoms with Gasteiger partial charge >= 0.3 is 6.03 Å². The Bertz CT molecular complexity index is 518. The number of imide groups is 1. The first kappa shape index (κ1) is 17.7. The fourth-order valence-corrected chi connectivity index (χ4v) is 4.78. The number of nitrogens with one attached hydrogen (secondary N) is 1. The molecule has 1 saturated carbocycles. The van der Waals surface area contributed by atoms with Gasteiger partial charge in [-0.2, -0.15) is 0 Å². The van der Waals surface area contributed by atoms with Gasteiger partial charge in [0.1, 0.15) is 5.54 Å². The van der Waals surface area contributed by atoms with Gasteiger partial charge in [0.25, 0.3) is 5.91 Å². The fraction of sp³-hybridized carbons (Fsp3) is 0.889. The smallest absolute Gasteiger partial charge is 0.325 e. The Kier molecular flexibility index (Phi) is 4.64. The molecule has 3 fully saturated rings. The normalized spacial score (nSPS) is 37.1. The minimum absolute atomic E-state index is 0.145. The van der Waals surface area contributed by atoms with Crippen LogP contribution in [0.25, 0.3) is 0 Å². The van der Waals surface area contributed by atoms with Crippen molar-refractivity contribution in [3.05, 3.63) is 0 Å². The molecule has 0 bridgehead atoms. The molecule has 6 nitrogen and oxygen atoms in total. The Balaban J connectivity index is 1.63. The molecule has 0 aromatic carbocycles. The summed E-state index contributed by atoms with van der Waals surface area (Å²) in [7, 11) is 0. The fourth-order valence-electron chi connectivity index (χ4n) is 4.78. The first-order valence-corrected chi connectivity index (χ1v) is 9.33. The highest BCUT2D eigenvalue weighted by molar-refractivity contribution is 6.06. The largest absolute Gasteiger partial charge is 0.390 e. The van der Waals surface area contributed by atoms with Gasteiger partial charge in [-0.05, 0) is 53.0 Å². The molecule has 2 N–H and O–H groups in total. The van der Waals surface area contributed by atoms with Crippen molar-refractivity contribution < 1.29 is 14.7 Å². The third-order valence-electron chi connectivity index (χ3n) is 6.18. The molecule has 1 aliphatic carbocycles. The molecule has 24 heavy (non-hydrogen) atoms. The summed E-state index contributed by atoms with van der Waals surface area (Å²) in [5, 5.41) is 13.5. The number of rotatable bonds is 4. The summed E-state index contributed by atoms with van der Waals surface area (Å²) in [6.45, 7) is 7.58. The maximum absolute atomic E-state index is 12.3. The van der Waals surface area contributed by atoms with Crippen LogP contribution in [0.5, 0.6) is 0 Å². The van der Waals surface area contributed by atoms with Crippen LogP contribution in [0.1, 0.15) is 59.3 Å². The van der Waals surface area contributed by atoms with E-state index in [1.165, 1.54) is 11.3 Å². The van der Waals surface area contributed by atoms with E-state index in [0.717, 1.165) is 38.6 Å². The predicted molar refractivity (Wildman–Crippen MR) is 91.5 cm³/mol. The highest BCUT2D eigenvalue weighted by Gasteiger charge is 2.46. The van der Waals surface area contributed by atoms with Crippen molar-refractivity contribution in [3.63, 3.8) is 0 Å². The molecule has 0 aromatic heterocycles. The van der Waals surface area contributed by atoms with Crippen molar-refractivity contribution in [1.82, 2.24) is 15.1 Å². The highest BCUT2D eigenvalue weighted by Crippen LogP contribution is 2.40. The van der Waals surface area contributed by atoms with Gasteiger partial charge in [-0.25, -0.2) is 4.79 Å². The Labute approximate surface area is 144 Å². The van der Waals surface area contributed by atoms with Crippen molar-refractivity contribution in [2.75, 3.05) is 19.6 Å². The molecule has 136 valence electrons. The summed E-state index contributed by atoms with van der Waals surface area (Å²) in [5.41, 5.74) is -1.39. The number of carbonyl (C=O) groups is 2. The van der Waals surface area contributed by atoms with Crippen LogP contribution in [0.15, 0.2) is 0 Å². The number of carbonyl (C=O) groups excluding carboxylic acids is 2. The minimum Gasteiger partial charge on any atom is -0.390 e. The predicted octanol–water partition coefficient (Wildman–Crippen LogP) is 1.72. The van der Waals surface area contributed by atoms with Crippen molar-refractivity contribution in [1.29, 1.82) is 0 Å². The van der Waals surface area contributed by atoms with Crippen LogP contribution in [-0.2, 0) is 4.79 Å². The van der Waals surface area contributed by atoms with E-state index in [1.54, 1.807) is 13.8 Å². The average molecular weight is 337 g/mol. The van der Waals surface area contributed by atoms with Crippen LogP contribution < -0.4 is 5.32 Å². The molecular weight excluding hydrogens is 306 g/mol. The van der Waals surface area contributed by atoms with Gasteiger partial charge in [0, 0.05) is 25.0 Å². The van der Waals surface area contributed by atoms with Crippen LogP contribution in [0, 0.1) is 5.92 Å². The number of urea groups is 1. The molecule has 0 spiro atoms. The molecule has 2 saturated heterocycles. The van der Waals surface area contributed by atoms with Crippen molar-refractivity contribution in [2.24, 2.45) is 5.92 Å². The van der Waals surface area contributed by atoms with Crippen LogP contribution in [-0.4, -0.2) is 63.7 Å². The van der Waals surface area contributed by atoms with Crippen LogP contribution in [0.3, 0.4) is 0 Å². The van der Waals surface area contributed by atoms with E-state index < -0.39 is 11.1 Å². The van der Waals surface area contributed by atoms with Gasteiger partial charge in [0.05, 0.1) is 5.60 Å². The zero-order chi connectivity index (χ0) is 17.5. The maximum atomic E-state index is 12.3. The number of amides is 3. The van der Waals surface area contributed by atoms with E-state index in [2.05, 4.69) is 10.2 Å². The summed E-state index contributed by atoms with van der Waals surface area (Å²) in [6.07, 6.45) is 6.48. The zero-order valence-electron chi connectivity index (χ0n) is 15.2. The summed E-state index contributed by atoms with van der Waals surface area (Å²) in [5.74, 6) is 0.154. The average Bonchev–Trinajstić information content (AvgIpc) is 3.01. The first-order chi connectivity index (χ1) is 11.2. The number of hydrogen-bond acceptors (Lipinski definition) is 4. The number of nitrogens with zero attached hydrogens (tertiary/aromatic N) is 2. The van der Waals surface area contributed by atoms with E-state index in [1.807, 2.05) is 6.92 Å². The van der Waals surface area contributed by atoms with Crippen LogP contribution in [0.4, 0.5) is 4.79 Å². The SMILES string of the molecule is CC1(C)NC(=O)N(CCN2CCC[C@@H]2[C@@H]2CCCC[C@@]2(C)O)C1=O. The lowest BCUT2D eigenvalue weighted by Crippen LogP contribution is -2.50. The van der Waals surface area contributed by atoms with Crippen molar-refractivity contribution in [3.8, 4) is 0 Å². The summed E-state index contributed by atoms with van der Waals surface area (Å²) >= 11 is 0. The molecule has 2 heterocycles. The van der Waals surface area contributed by atoms with Gasteiger partial charge in [-0.15, -0.1) is 0 Å². The quantitative estimate of drug-likeness (QED) is 0.766. The molecule has 3 atom stereocenters. The summed E-state index contributed by atoms with van der Waals surface area (Å²) in [4.78, 5) is 28.1. The van der Waals surface area contributed by atoms with E-state index >= 15 is 0 Å². The lowest BCUT2D eigenvalue weighted by atomic mass is 9.72. The molecular formula is C18H31N3O3. The van der Waals surface area contributed by atoms with Crippen LogP contribution >= 0.6 is 0 Å². The second kappa shape index (κ2) is 6.30.